The summed E-state index contributed by atoms with van der Waals surface area (Å²) < 4.78 is 10.7. The van der Waals surface area contributed by atoms with Crippen LogP contribution in [0.5, 0.6) is 0 Å². The fourth-order valence-electron chi connectivity index (χ4n) is 2.84. The van der Waals surface area contributed by atoms with Crippen LogP contribution in [0.15, 0.2) is 30.3 Å². The molecule has 2 fully saturated rings. The minimum absolute atomic E-state index is 0.207. The summed E-state index contributed by atoms with van der Waals surface area (Å²) in [6.45, 7) is 3.96. The van der Waals surface area contributed by atoms with Gasteiger partial charge in [-0.2, -0.15) is 0 Å². The van der Waals surface area contributed by atoms with E-state index in [1.54, 1.807) is 4.90 Å². The third kappa shape index (κ3) is 3.12. The average Bonchev–Trinajstić information content (AvgIpc) is 2.77. The first-order chi connectivity index (χ1) is 11.4. The molecule has 3 amide bonds. The second-order valence-corrected chi connectivity index (χ2v) is 6.38. The van der Waals surface area contributed by atoms with Gasteiger partial charge in [0, 0.05) is 6.54 Å². The second kappa shape index (κ2) is 6.24. The largest absolute Gasteiger partial charge is 0.433 e. The van der Waals surface area contributed by atoms with E-state index in [2.05, 4.69) is 0 Å². The van der Waals surface area contributed by atoms with Gasteiger partial charge in [-0.1, -0.05) is 30.3 Å². The van der Waals surface area contributed by atoms with Crippen LogP contribution in [0.2, 0.25) is 0 Å². The molecule has 0 aliphatic carbocycles. The molecule has 0 radical (unpaired) electrons. The first-order valence-electron chi connectivity index (χ1n) is 7.88. The Morgan fingerprint density at radius 3 is 2.58 bits per heavy atom. The molecule has 0 N–H and O–H groups in total. The molecular weight excluding hydrogens is 312 g/mol. The van der Waals surface area contributed by atoms with Gasteiger partial charge in [-0.15, -0.1) is 0 Å². The lowest BCUT2D eigenvalue weighted by Crippen LogP contribution is -2.48. The van der Waals surface area contributed by atoms with Crippen LogP contribution in [-0.4, -0.2) is 59.5 Å². The van der Waals surface area contributed by atoms with Crippen LogP contribution < -0.4 is 0 Å². The molecule has 3 rings (SSSR count). The zero-order chi connectivity index (χ0) is 17.3. The van der Waals surface area contributed by atoms with Crippen molar-refractivity contribution in [1.82, 2.24) is 9.80 Å². The molecule has 0 saturated carbocycles. The number of hydrogen-bond donors (Lipinski definition) is 0. The van der Waals surface area contributed by atoms with Gasteiger partial charge in [0.25, 0.3) is 5.91 Å². The summed E-state index contributed by atoms with van der Waals surface area (Å²) in [6.07, 6.45) is -0.979. The summed E-state index contributed by atoms with van der Waals surface area (Å²) in [5.74, 6) is -0.782. The van der Waals surface area contributed by atoms with E-state index >= 15 is 0 Å². The van der Waals surface area contributed by atoms with Gasteiger partial charge in [0.05, 0.1) is 13.2 Å². The Morgan fingerprint density at radius 2 is 1.96 bits per heavy atom. The van der Waals surface area contributed by atoms with Gasteiger partial charge >= 0.3 is 6.09 Å². The molecule has 2 heterocycles. The predicted molar refractivity (Wildman–Crippen MR) is 84.0 cm³/mol. The number of nitrogens with zero attached hydrogens (tertiary/aromatic N) is 2. The van der Waals surface area contributed by atoms with Gasteiger partial charge in [-0.3, -0.25) is 9.59 Å². The first kappa shape index (κ1) is 16.4. The Balaban J connectivity index is 1.65. The summed E-state index contributed by atoms with van der Waals surface area (Å²) in [4.78, 5) is 38.9. The lowest BCUT2D eigenvalue weighted by Gasteiger charge is -2.33. The highest BCUT2D eigenvalue weighted by Gasteiger charge is 2.48. The number of imide groups is 1. The summed E-state index contributed by atoms with van der Waals surface area (Å²) in [5.41, 5.74) is -0.220. The standard InChI is InChI=1S/C17H20N2O5/c1-17(2)15(21)19(16(22)24-17)11-14(20)18-8-9-23-13(10-18)12-6-4-3-5-7-12/h3-7,13H,8-11H2,1-2H3. The van der Waals surface area contributed by atoms with Crippen LogP contribution in [0.4, 0.5) is 4.79 Å². The van der Waals surface area contributed by atoms with Gasteiger partial charge in [-0.05, 0) is 19.4 Å². The summed E-state index contributed by atoms with van der Waals surface area (Å²) in [5, 5.41) is 0. The number of benzene rings is 1. The molecule has 2 saturated heterocycles. The molecule has 1 atom stereocenters. The molecule has 0 aromatic heterocycles. The van der Waals surface area contributed by atoms with Crippen molar-refractivity contribution in [2.24, 2.45) is 0 Å². The van der Waals surface area contributed by atoms with Crippen LogP contribution in [0.1, 0.15) is 25.5 Å². The van der Waals surface area contributed by atoms with Gasteiger partial charge in [0.2, 0.25) is 5.91 Å². The van der Waals surface area contributed by atoms with E-state index in [0.29, 0.717) is 19.7 Å². The molecular formula is C17H20N2O5. The number of ether oxygens (including phenoxy) is 2. The molecule has 1 aromatic rings. The highest BCUT2D eigenvalue weighted by atomic mass is 16.6. The number of rotatable bonds is 3. The van der Waals surface area contributed by atoms with E-state index in [1.807, 2.05) is 30.3 Å². The van der Waals surface area contributed by atoms with Crippen molar-refractivity contribution in [1.29, 1.82) is 0 Å². The lowest BCUT2D eigenvalue weighted by atomic mass is 10.1. The summed E-state index contributed by atoms with van der Waals surface area (Å²) in [6, 6.07) is 9.65. The molecule has 7 heteroatoms. The Bertz CT molecular complexity index is 658. The molecule has 7 nitrogen and oxygen atoms in total. The normalized spacial score (nSPS) is 23.3. The van der Waals surface area contributed by atoms with Crippen LogP contribution in [-0.2, 0) is 19.1 Å². The lowest BCUT2D eigenvalue weighted by molar-refractivity contribution is -0.144. The van der Waals surface area contributed by atoms with Gasteiger partial charge < -0.3 is 14.4 Å². The second-order valence-electron chi connectivity index (χ2n) is 6.38. The Hall–Kier alpha value is -2.41. The average molecular weight is 332 g/mol. The van der Waals surface area contributed by atoms with Crippen molar-refractivity contribution < 1.29 is 23.9 Å². The third-order valence-electron chi connectivity index (χ3n) is 4.21. The number of morpholine rings is 1. The third-order valence-corrected chi connectivity index (χ3v) is 4.21. The van der Waals surface area contributed by atoms with Gasteiger partial charge in [-0.25, -0.2) is 9.69 Å². The first-order valence-corrected chi connectivity index (χ1v) is 7.88. The molecule has 2 aliphatic heterocycles. The Morgan fingerprint density at radius 1 is 1.25 bits per heavy atom. The van der Waals surface area contributed by atoms with Crippen molar-refractivity contribution in [3.8, 4) is 0 Å². The Labute approximate surface area is 140 Å². The zero-order valence-corrected chi connectivity index (χ0v) is 13.7. The van der Waals surface area contributed by atoms with Crippen molar-refractivity contribution >= 4 is 17.9 Å². The van der Waals surface area contributed by atoms with Crippen molar-refractivity contribution in [2.75, 3.05) is 26.2 Å². The van der Waals surface area contributed by atoms with Crippen molar-refractivity contribution in [3.05, 3.63) is 35.9 Å². The number of amides is 3. The molecule has 2 aliphatic rings. The Kier molecular flexibility index (Phi) is 4.28. The molecule has 128 valence electrons. The fraction of sp³-hybridized carbons (Fsp3) is 0.471. The predicted octanol–water partition coefficient (Wildman–Crippen LogP) is 1.34. The molecule has 1 aromatic carbocycles. The monoisotopic (exact) mass is 332 g/mol. The molecule has 24 heavy (non-hydrogen) atoms. The number of cyclic esters (lactones) is 1. The van der Waals surface area contributed by atoms with E-state index in [0.717, 1.165) is 10.5 Å². The smallest absolute Gasteiger partial charge is 0.418 e. The summed E-state index contributed by atoms with van der Waals surface area (Å²) >= 11 is 0. The fourth-order valence-corrected chi connectivity index (χ4v) is 2.84. The van der Waals surface area contributed by atoms with Gasteiger partial charge in [0.1, 0.15) is 12.6 Å². The van der Waals surface area contributed by atoms with Crippen LogP contribution in [0, 0.1) is 0 Å². The van der Waals surface area contributed by atoms with Crippen LogP contribution >= 0.6 is 0 Å². The highest BCUT2D eigenvalue weighted by molar-refractivity contribution is 6.04. The maximum Gasteiger partial charge on any atom is 0.418 e. The van der Waals surface area contributed by atoms with E-state index in [-0.39, 0.29) is 18.6 Å². The SMILES string of the molecule is CC1(C)OC(=O)N(CC(=O)N2CCOC(c3ccccc3)C2)C1=O. The minimum atomic E-state index is -1.21. The van der Waals surface area contributed by atoms with E-state index in [1.165, 1.54) is 13.8 Å². The number of carbonyl (C=O) groups excluding carboxylic acids is 3. The van der Waals surface area contributed by atoms with E-state index in [9.17, 15) is 14.4 Å². The van der Waals surface area contributed by atoms with Crippen LogP contribution in [0.3, 0.4) is 0 Å². The van der Waals surface area contributed by atoms with Crippen LogP contribution in [0.25, 0.3) is 0 Å². The summed E-state index contributed by atoms with van der Waals surface area (Å²) in [7, 11) is 0. The zero-order valence-electron chi connectivity index (χ0n) is 13.7. The maximum atomic E-state index is 12.5. The maximum absolute atomic E-state index is 12.5. The highest BCUT2D eigenvalue weighted by Crippen LogP contribution is 2.25. The van der Waals surface area contributed by atoms with E-state index in [4.69, 9.17) is 9.47 Å². The topological polar surface area (TPSA) is 76.2 Å². The van der Waals surface area contributed by atoms with E-state index < -0.39 is 17.6 Å². The molecule has 0 spiro atoms. The van der Waals surface area contributed by atoms with Crippen molar-refractivity contribution in [3.63, 3.8) is 0 Å². The number of carbonyl (C=O) groups is 3. The molecule has 1 unspecified atom stereocenters. The minimum Gasteiger partial charge on any atom is -0.433 e. The van der Waals surface area contributed by atoms with Crippen molar-refractivity contribution in [2.45, 2.75) is 25.6 Å². The molecule has 0 bridgehead atoms. The quantitative estimate of drug-likeness (QED) is 0.835. The number of hydrogen-bond acceptors (Lipinski definition) is 5. The van der Waals surface area contributed by atoms with Gasteiger partial charge in [0.15, 0.2) is 5.60 Å².